The highest BCUT2D eigenvalue weighted by Gasteiger charge is 2.14. The predicted molar refractivity (Wildman–Crippen MR) is 128 cm³/mol. The number of hydrogen-bond donors (Lipinski definition) is 2. The van der Waals surface area contributed by atoms with E-state index in [-0.39, 0.29) is 24.0 Å². The number of aromatic nitrogens is 1. The van der Waals surface area contributed by atoms with Crippen LogP contribution >= 0.6 is 35.3 Å². The highest BCUT2D eigenvalue weighted by atomic mass is 127. The zero-order chi connectivity index (χ0) is 18.9. The summed E-state index contributed by atoms with van der Waals surface area (Å²) < 4.78 is 6.17. The molecule has 0 amide bonds. The Labute approximate surface area is 189 Å². The van der Waals surface area contributed by atoms with Crippen LogP contribution < -0.4 is 15.4 Å². The number of nitrogens with one attached hydrogen (secondary N) is 2. The lowest BCUT2D eigenvalue weighted by Gasteiger charge is -2.23. The van der Waals surface area contributed by atoms with Gasteiger partial charge in [-0.1, -0.05) is 18.6 Å². The molecule has 0 bridgehead atoms. The van der Waals surface area contributed by atoms with Gasteiger partial charge in [-0.2, -0.15) is 0 Å². The molecule has 28 heavy (non-hydrogen) atoms. The van der Waals surface area contributed by atoms with Crippen molar-refractivity contribution in [2.45, 2.75) is 58.1 Å². The number of aliphatic imine (C=N–C) groups is 1. The van der Waals surface area contributed by atoms with Crippen LogP contribution in [-0.2, 0) is 13.0 Å². The predicted octanol–water partition coefficient (Wildman–Crippen LogP) is 4.69. The summed E-state index contributed by atoms with van der Waals surface area (Å²) in [6.45, 7) is 3.57. The van der Waals surface area contributed by atoms with Crippen LogP contribution in [0.5, 0.6) is 5.75 Å². The summed E-state index contributed by atoms with van der Waals surface area (Å²) in [5.74, 6) is 1.78. The number of benzene rings is 1. The number of hydrogen-bond acceptors (Lipinski definition) is 4. The van der Waals surface area contributed by atoms with Gasteiger partial charge >= 0.3 is 0 Å². The summed E-state index contributed by atoms with van der Waals surface area (Å²) in [6.07, 6.45) is 7.55. The molecule has 0 atom stereocenters. The Bertz CT molecular complexity index is 744. The van der Waals surface area contributed by atoms with Gasteiger partial charge in [-0.05, 0) is 50.3 Å². The zero-order valence-electron chi connectivity index (χ0n) is 16.7. The first kappa shape index (κ1) is 22.9. The topological polar surface area (TPSA) is 58.5 Å². The molecule has 0 spiro atoms. The van der Waals surface area contributed by atoms with Gasteiger partial charge < -0.3 is 15.4 Å². The van der Waals surface area contributed by atoms with Gasteiger partial charge in [-0.3, -0.25) is 4.99 Å². The standard InChI is InChI=1S/C21H30N4OS.HI/c1-16-25-18(15-27-16)11-12-23-21(22-2)24-14-17-7-6-10-20(13-17)26-19-8-4-3-5-9-19;/h6-7,10,13,15,19H,3-5,8-9,11-12,14H2,1-2H3,(H2,22,23,24);1H. The fourth-order valence-corrected chi connectivity index (χ4v) is 3.99. The molecular formula is C21H31IN4OS. The van der Waals surface area contributed by atoms with E-state index in [1.807, 2.05) is 6.92 Å². The molecule has 1 saturated carbocycles. The minimum atomic E-state index is 0. The van der Waals surface area contributed by atoms with Crippen LogP contribution in [0.25, 0.3) is 0 Å². The molecule has 154 valence electrons. The summed E-state index contributed by atoms with van der Waals surface area (Å²) in [6, 6.07) is 8.37. The number of guanidine groups is 1. The van der Waals surface area contributed by atoms with E-state index >= 15 is 0 Å². The van der Waals surface area contributed by atoms with Gasteiger partial charge in [-0.15, -0.1) is 35.3 Å². The lowest BCUT2D eigenvalue weighted by molar-refractivity contribution is 0.155. The van der Waals surface area contributed by atoms with Crippen LogP contribution in [0.1, 0.15) is 48.4 Å². The molecule has 0 radical (unpaired) electrons. The third-order valence-electron chi connectivity index (χ3n) is 4.78. The van der Waals surface area contributed by atoms with Gasteiger partial charge in [0.05, 0.1) is 16.8 Å². The fourth-order valence-electron chi connectivity index (χ4n) is 3.34. The van der Waals surface area contributed by atoms with E-state index in [2.05, 4.69) is 50.3 Å². The van der Waals surface area contributed by atoms with Gasteiger partial charge in [0, 0.05) is 31.9 Å². The second kappa shape index (κ2) is 12.3. The molecule has 1 aliphatic rings. The smallest absolute Gasteiger partial charge is 0.191 e. The lowest BCUT2D eigenvalue weighted by atomic mass is 9.98. The maximum absolute atomic E-state index is 6.17. The second-order valence-corrected chi connectivity index (χ2v) is 8.05. The minimum absolute atomic E-state index is 0. The Morgan fingerprint density at radius 3 is 2.79 bits per heavy atom. The third-order valence-corrected chi connectivity index (χ3v) is 5.60. The molecular weight excluding hydrogens is 483 g/mol. The van der Waals surface area contributed by atoms with Gasteiger partial charge in [0.15, 0.2) is 5.96 Å². The largest absolute Gasteiger partial charge is 0.490 e. The number of rotatable bonds is 7. The molecule has 7 heteroatoms. The first-order chi connectivity index (χ1) is 13.2. The van der Waals surface area contributed by atoms with Crippen molar-refractivity contribution in [3.8, 4) is 5.75 Å². The Morgan fingerprint density at radius 1 is 1.25 bits per heavy atom. The molecule has 1 heterocycles. The van der Waals surface area contributed by atoms with Gasteiger partial charge in [0.25, 0.3) is 0 Å². The summed E-state index contributed by atoms with van der Waals surface area (Å²) in [5.41, 5.74) is 2.33. The molecule has 1 fully saturated rings. The van der Waals surface area contributed by atoms with Crippen LogP contribution in [0, 0.1) is 6.92 Å². The van der Waals surface area contributed by atoms with Crippen molar-refractivity contribution < 1.29 is 4.74 Å². The molecule has 1 aliphatic carbocycles. The molecule has 1 aromatic heterocycles. The Kier molecular flexibility index (Phi) is 10.0. The number of halogens is 1. The molecule has 1 aromatic carbocycles. The Balaban J connectivity index is 0.00000280. The normalized spacial score (nSPS) is 15.0. The van der Waals surface area contributed by atoms with Crippen molar-refractivity contribution in [1.29, 1.82) is 0 Å². The summed E-state index contributed by atoms with van der Waals surface area (Å²) in [4.78, 5) is 8.79. The zero-order valence-corrected chi connectivity index (χ0v) is 19.9. The number of nitrogens with zero attached hydrogens (tertiary/aromatic N) is 2. The molecule has 0 saturated heterocycles. The second-order valence-electron chi connectivity index (χ2n) is 6.99. The third kappa shape index (κ3) is 7.58. The minimum Gasteiger partial charge on any atom is -0.490 e. The monoisotopic (exact) mass is 514 g/mol. The van der Waals surface area contributed by atoms with E-state index < -0.39 is 0 Å². The molecule has 0 unspecified atom stereocenters. The van der Waals surface area contributed by atoms with Gasteiger partial charge in [0.2, 0.25) is 0 Å². The van der Waals surface area contributed by atoms with Crippen molar-refractivity contribution in [2.75, 3.05) is 13.6 Å². The van der Waals surface area contributed by atoms with Crippen LogP contribution in [0.4, 0.5) is 0 Å². The van der Waals surface area contributed by atoms with Crippen LogP contribution in [0.15, 0.2) is 34.6 Å². The van der Waals surface area contributed by atoms with Crippen molar-refractivity contribution in [3.63, 3.8) is 0 Å². The maximum Gasteiger partial charge on any atom is 0.191 e. The summed E-state index contributed by atoms with van der Waals surface area (Å²) in [5, 5.41) is 9.95. The summed E-state index contributed by atoms with van der Waals surface area (Å²) >= 11 is 1.69. The van der Waals surface area contributed by atoms with E-state index in [0.717, 1.165) is 41.9 Å². The van der Waals surface area contributed by atoms with Crippen molar-refractivity contribution in [1.82, 2.24) is 15.6 Å². The average molecular weight is 514 g/mol. The van der Waals surface area contributed by atoms with Crippen LogP contribution in [0.3, 0.4) is 0 Å². The van der Waals surface area contributed by atoms with E-state index in [1.165, 1.54) is 37.7 Å². The molecule has 3 rings (SSSR count). The Hall–Kier alpha value is -1.35. The van der Waals surface area contributed by atoms with Crippen LogP contribution in [-0.4, -0.2) is 30.6 Å². The van der Waals surface area contributed by atoms with E-state index in [0.29, 0.717) is 6.10 Å². The van der Waals surface area contributed by atoms with E-state index in [1.54, 1.807) is 18.4 Å². The fraction of sp³-hybridized carbons (Fsp3) is 0.524. The highest BCUT2D eigenvalue weighted by Crippen LogP contribution is 2.23. The first-order valence-corrected chi connectivity index (χ1v) is 10.7. The number of thiazole rings is 1. The van der Waals surface area contributed by atoms with Gasteiger partial charge in [0.1, 0.15) is 5.75 Å². The quantitative estimate of drug-likeness (QED) is 0.320. The number of ether oxygens (including phenoxy) is 1. The summed E-state index contributed by atoms with van der Waals surface area (Å²) in [7, 11) is 1.80. The maximum atomic E-state index is 6.17. The molecule has 5 nitrogen and oxygen atoms in total. The van der Waals surface area contributed by atoms with Gasteiger partial charge in [-0.25, -0.2) is 4.98 Å². The molecule has 0 aliphatic heterocycles. The molecule has 2 aromatic rings. The van der Waals surface area contributed by atoms with Crippen molar-refractivity contribution in [2.24, 2.45) is 4.99 Å². The van der Waals surface area contributed by atoms with E-state index in [9.17, 15) is 0 Å². The van der Waals surface area contributed by atoms with E-state index in [4.69, 9.17) is 4.74 Å². The number of aryl methyl sites for hydroxylation is 1. The lowest BCUT2D eigenvalue weighted by Crippen LogP contribution is -2.37. The molecule has 2 N–H and O–H groups in total. The SMILES string of the molecule is CN=C(NCCc1csc(C)n1)NCc1cccc(OC2CCCCC2)c1.I. The first-order valence-electron chi connectivity index (χ1n) is 9.84. The van der Waals surface area contributed by atoms with Crippen molar-refractivity contribution in [3.05, 3.63) is 45.9 Å². The highest BCUT2D eigenvalue weighted by molar-refractivity contribution is 14.0. The Morgan fingerprint density at radius 2 is 2.07 bits per heavy atom. The average Bonchev–Trinajstić information content (AvgIpc) is 3.11. The van der Waals surface area contributed by atoms with Crippen molar-refractivity contribution >= 4 is 41.3 Å². The van der Waals surface area contributed by atoms with Crippen LogP contribution in [0.2, 0.25) is 0 Å².